The number of likely N-dealkylation sites (tertiary alicyclic amines) is 1. The Morgan fingerprint density at radius 1 is 1.22 bits per heavy atom. The number of urea groups is 1. The van der Waals surface area contributed by atoms with Gasteiger partial charge in [-0.3, -0.25) is 4.40 Å². The Bertz CT molecular complexity index is 1360. The molecule has 0 radical (unpaired) electrons. The smallest absolute Gasteiger partial charge is 0.321 e. The molecule has 7 nitrogen and oxygen atoms in total. The predicted octanol–water partition coefficient (Wildman–Crippen LogP) is 5.86. The SMILES string of the molecule is C=C/C(=C\C=C/C)NC(=O)N1CCC(c2nc(-c3ccc(C)c(/C=C\C)c3)c3c(N)nccn23)CC1. The normalized spacial score (nSPS) is 15.3. The zero-order chi connectivity index (χ0) is 25.7. The van der Waals surface area contributed by atoms with Crippen LogP contribution in [0.5, 0.6) is 0 Å². The maximum Gasteiger partial charge on any atom is 0.321 e. The number of aromatic nitrogens is 3. The number of amides is 2. The number of hydrogen-bond acceptors (Lipinski definition) is 4. The maximum absolute atomic E-state index is 12.8. The van der Waals surface area contributed by atoms with Crippen molar-refractivity contribution in [3.05, 3.63) is 90.2 Å². The quantitative estimate of drug-likeness (QED) is 0.431. The standard InChI is InChI=1S/C29H34N6O/c1-5-8-10-24(7-3)32-29(36)34-16-13-21(14-17-34)28-33-25(26-27(30)31-15-18-35(26)28)23-12-11-20(4)22(19-23)9-6-2/h5-12,15,18-19,21H,3,13-14,16-17H2,1-2,4H3,(H2,30,31)(H,32,36)/b8-5-,9-6-,24-10+. The number of carbonyl (C=O) groups is 1. The Balaban J connectivity index is 1.60. The second-order valence-electron chi connectivity index (χ2n) is 8.96. The van der Waals surface area contributed by atoms with Crippen LogP contribution < -0.4 is 11.1 Å². The van der Waals surface area contributed by atoms with Gasteiger partial charge in [-0.1, -0.05) is 43.0 Å². The zero-order valence-electron chi connectivity index (χ0n) is 21.2. The van der Waals surface area contributed by atoms with Crippen molar-refractivity contribution in [2.75, 3.05) is 18.8 Å². The lowest BCUT2D eigenvalue weighted by Gasteiger charge is -2.31. The summed E-state index contributed by atoms with van der Waals surface area (Å²) >= 11 is 0. The maximum atomic E-state index is 12.8. The van der Waals surface area contributed by atoms with E-state index in [-0.39, 0.29) is 11.9 Å². The lowest BCUT2D eigenvalue weighted by molar-refractivity contribution is 0.183. The molecular formula is C29H34N6O. The number of nitrogen functional groups attached to an aromatic ring is 1. The molecule has 0 aliphatic carbocycles. The minimum Gasteiger partial charge on any atom is -0.382 e. The molecule has 186 valence electrons. The van der Waals surface area contributed by atoms with E-state index in [2.05, 4.69) is 52.5 Å². The van der Waals surface area contributed by atoms with Gasteiger partial charge in [-0.05, 0) is 63.0 Å². The Morgan fingerprint density at radius 2 is 2.00 bits per heavy atom. The molecule has 0 unspecified atom stereocenters. The summed E-state index contributed by atoms with van der Waals surface area (Å²) in [7, 11) is 0. The molecule has 1 aliphatic heterocycles. The van der Waals surface area contributed by atoms with E-state index >= 15 is 0 Å². The fourth-order valence-electron chi connectivity index (χ4n) is 4.63. The van der Waals surface area contributed by atoms with Gasteiger partial charge in [0.25, 0.3) is 0 Å². The first-order valence-corrected chi connectivity index (χ1v) is 12.3. The molecule has 7 heteroatoms. The van der Waals surface area contributed by atoms with Crippen LogP contribution >= 0.6 is 0 Å². The number of fused-ring (bicyclic) bond motifs is 1. The fourth-order valence-corrected chi connectivity index (χ4v) is 4.63. The van der Waals surface area contributed by atoms with E-state index in [1.54, 1.807) is 12.3 Å². The molecule has 3 aromatic rings. The molecule has 36 heavy (non-hydrogen) atoms. The molecule has 0 bridgehead atoms. The van der Waals surface area contributed by atoms with Crippen molar-refractivity contribution in [1.29, 1.82) is 0 Å². The number of benzene rings is 1. The summed E-state index contributed by atoms with van der Waals surface area (Å²) in [6, 6.07) is 6.25. The summed E-state index contributed by atoms with van der Waals surface area (Å²) < 4.78 is 2.07. The summed E-state index contributed by atoms with van der Waals surface area (Å²) in [5.74, 6) is 1.62. The Kier molecular flexibility index (Phi) is 7.68. The number of anilines is 1. The van der Waals surface area contributed by atoms with Crippen LogP contribution in [-0.4, -0.2) is 38.4 Å². The van der Waals surface area contributed by atoms with Gasteiger partial charge in [0.2, 0.25) is 0 Å². The number of hydrogen-bond donors (Lipinski definition) is 2. The third-order valence-electron chi connectivity index (χ3n) is 6.60. The highest BCUT2D eigenvalue weighted by molar-refractivity contribution is 5.86. The monoisotopic (exact) mass is 482 g/mol. The van der Waals surface area contributed by atoms with Crippen LogP contribution in [0.3, 0.4) is 0 Å². The highest BCUT2D eigenvalue weighted by Crippen LogP contribution is 2.35. The third-order valence-corrected chi connectivity index (χ3v) is 6.60. The molecule has 0 atom stereocenters. The molecule has 0 saturated carbocycles. The molecule has 0 spiro atoms. The van der Waals surface area contributed by atoms with Gasteiger partial charge < -0.3 is 16.0 Å². The lowest BCUT2D eigenvalue weighted by atomic mass is 9.96. The number of nitrogens with two attached hydrogens (primary N) is 1. The van der Waals surface area contributed by atoms with Gasteiger partial charge >= 0.3 is 6.03 Å². The Hall–Kier alpha value is -4.13. The number of carbonyl (C=O) groups excluding carboxylic acids is 1. The van der Waals surface area contributed by atoms with Crippen molar-refractivity contribution in [2.24, 2.45) is 0 Å². The number of imidazole rings is 1. The number of aryl methyl sites for hydroxylation is 1. The molecule has 2 amide bonds. The lowest BCUT2D eigenvalue weighted by Crippen LogP contribution is -2.43. The zero-order valence-corrected chi connectivity index (χ0v) is 21.2. The van der Waals surface area contributed by atoms with Gasteiger partial charge in [0.1, 0.15) is 22.9 Å². The molecule has 1 fully saturated rings. The van der Waals surface area contributed by atoms with Crippen LogP contribution in [0, 0.1) is 6.92 Å². The molecule has 3 N–H and O–H groups in total. The van der Waals surface area contributed by atoms with E-state index in [0.717, 1.165) is 41.0 Å². The van der Waals surface area contributed by atoms with Crippen molar-refractivity contribution in [3.63, 3.8) is 0 Å². The van der Waals surface area contributed by atoms with Crippen LogP contribution in [0.2, 0.25) is 0 Å². The van der Waals surface area contributed by atoms with Crippen LogP contribution in [0.4, 0.5) is 10.6 Å². The van der Waals surface area contributed by atoms with Crippen molar-refractivity contribution in [3.8, 4) is 11.3 Å². The largest absolute Gasteiger partial charge is 0.382 e. The van der Waals surface area contributed by atoms with E-state index < -0.39 is 0 Å². The Morgan fingerprint density at radius 3 is 2.69 bits per heavy atom. The van der Waals surface area contributed by atoms with Gasteiger partial charge in [0.15, 0.2) is 0 Å². The Labute approximate surface area is 212 Å². The number of nitrogens with one attached hydrogen (secondary N) is 1. The molecule has 2 aromatic heterocycles. The molecule has 1 aliphatic rings. The number of nitrogens with zero attached hydrogens (tertiary/aromatic N) is 4. The summed E-state index contributed by atoms with van der Waals surface area (Å²) in [5.41, 5.74) is 12.1. The van der Waals surface area contributed by atoms with Gasteiger partial charge in [0, 0.05) is 42.7 Å². The van der Waals surface area contributed by atoms with Gasteiger partial charge in [-0.15, -0.1) is 0 Å². The topological polar surface area (TPSA) is 88.5 Å². The summed E-state index contributed by atoms with van der Waals surface area (Å²) in [6.45, 7) is 11.1. The molecule has 3 heterocycles. The van der Waals surface area contributed by atoms with Crippen molar-refractivity contribution < 1.29 is 4.79 Å². The van der Waals surface area contributed by atoms with Crippen molar-refractivity contribution in [2.45, 2.75) is 39.5 Å². The van der Waals surface area contributed by atoms with E-state index in [4.69, 9.17) is 10.7 Å². The summed E-state index contributed by atoms with van der Waals surface area (Å²) in [4.78, 5) is 24.1. The highest BCUT2D eigenvalue weighted by Gasteiger charge is 2.28. The number of piperidine rings is 1. The number of allylic oxidation sites excluding steroid dienone is 5. The molecule has 1 saturated heterocycles. The van der Waals surface area contributed by atoms with Crippen LogP contribution in [-0.2, 0) is 0 Å². The summed E-state index contributed by atoms with van der Waals surface area (Å²) in [5, 5.41) is 2.94. The summed E-state index contributed by atoms with van der Waals surface area (Å²) in [6.07, 6.45) is 16.7. The average Bonchev–Trinajstić information content (AvgIpc) is 3.29. The average molecular weight is 483 g/mol. The highest BCUT2D eigenvalue weighted by atomic mass is 16.2. The fraction of sp³-hybridized carbons (Fsp3) is 0.276. The van der Waals surface area contributed by atoms with Gasteiger partial charge in [-0.2, -0.15) is 0 Å². The first-order chi connectivity index (χ1) is 17.5. The van der Waals surface area contributed by atoms with Crippen LogP contribution in [0.15, 0.2) is 73.2 Å². The minimum atomic E-state index is -0.109. The van der Waals surface area contributed by atoms with E-state index in [9.17, 15) is 4.79 Å². The third kappa shape index (κ3) is 5.10. The first-order valence-electron chi connectivity index (χ1n) is 12.3. The van der Waals surface area contributed by atoms with Gasteiger partial charge in [0.05, 0.1) is 0 Å². The predicted molar refractivity (Wildman–Crippen MR) is 147 cm³/mol. The van der Waals surface area contributed by atoms with Crippen molar-refractivity contribution in [1.82, 2.24) is 24.6 Å². The van der Waals surface area contributed by atoms with Crippen molar-refractivity contribution >= 4 is 23.4 Å². The van der Waals surface area contributed by atoms with Crippen LogP contribution in [0.1, 0.15) is 49.6 Å². The van der Waals surface area contributed by atoms with Gasteiger partial charge in [-0.25, -0.2) is 14.8 Å². The van der Waals surface area contributed by atoms with Crippen LogP contribution in [0.25, 0.3) is 22.9 Å². The molecule has 4 rings (SSSR count). The van der Waals surface area contributed by atoms with E-state index in [0.29, 0.717) is 24.6 Å². The first kappa shape index (κ1) is 25.0. The number of rotatable bonds is 6. The second kappa shape index (κ2) is 11.1. The second-order valence-corrected chi connectivity index (χ2v) is 8.96. The van der Waals surface area contributed by atoms with E-state index in [1.807, 2.05) is 49.2 Å². The van der Waals surface area contributed by atoms with E-state index in [1.165, 1.54) is 5.56 Å². The molecule has 1 aromatic carbocycles. The minimum absolute atomic E-state index is 0.109. The molecular weight excluding hydrogens is 448 g/mol.